The third kappa shape index (κ3) is 6.08. The SMILES string of the molecule is Cc1cc(C2=CC(CN3CCN(C)CC3)=C(O)N(CCCc3ccc(Cl)cc3)N2)ccc1F. The van der Waals surface area contributed by atoms with Crippen molar-refractivity contribution in [3.8, 4) is 0 Å². The van der Waals surface area contributed by atoms with Gasteiger partial charge in [0, 0.05) is 49.9 Å². The van der Waals surface area contributed by atoms with Crippen molar-refractivity contribution in [3.05, 3.63) is 87.5 Å². The summed E-state index contributed by atoms with van der Waals surface area (Å²) >= 11 is 5.99. The van der Waals surface area contributed by atoms with E-state index in [-0.39, 0.29) is 11.7 Å². The number of piperazine rings is 1. The van der Waals surface area contributed by atoms with Crippen molar-refractivity contribution in [1.82, 2.24) is 20.2 Å². The zero-order valence-corrected chi connectivity index (χ0v) is 20.1. The summed E-state index contributed by atoms with van der Waals surface area (Å²) in [4.78, 5) is 4.69. The highest BCUT2D eigenvalue weighted by atomic mass is 35.5. The minimum Gasteiger partial charge on any atom is -0.493 e. The minimum absolute atomic E-state index is 0.217. The molecule has 0 atom stereocenters. The quantitative estimate of drug-likeness (QED) is 0.619. The van der Waals surface area contributed by atoms with Crippen LogP contribution in [0.25, 0.3) is 5.70 Å². The molecule has 2 aliphatic heterocycles. The summed E-state index contributed by atoms with van der Waals surface area (Å²) in [5.74, 6) is 0.0404. The predicted molar refractivity (Wildman–Crippen MR) is 132 cm³/mol. The van der Waals surface area contributed by atoms with E-state index in [1.807, 2.05) is 41.4 Å². The fraction of sp³-hybridized carbons (Fsp3) is 0.385. The van der Waals surface area contributed by atoms with Crippen LogP contribution in [0.3, 0.4) is 0 Å². The third-order valence-electron chi connectivity index (χ3n) is 6.34. The number of hydrogen-bond donors (Lipinski definition) is 2. The molecule has 0 radical (unpaired) electrons. The fourth-order valence-electron chi connectivity index (χ4n) is 4.22. The first-order valence-corrected chi connectivity index (χ1v) is 11.9. The van der Waals surface area contributed by atoms with E-state index in [1.54, 1.807) is 13.0 Å². The molecule has 1 saturated heterocycles. The lowest BCUT2D eigenvalue weighted by Gasteiger charge is -2.36. The van der Waals surface area contributed by atoms with E-state index in [1.165, 1.54) is 11.6 Å². The lowest BCUT2D eigenvalue weighted by atomic mass is 10.0. The average Bonchev–Trinajstić information content (AvgIpc) is 2.80. The molecule has 0 amide bonds. The van der Waals surface area contributed by atoms with Gasteiger partial charge in [-0.25, -0.2) is 4.39 Å². The van der Waals surface area contributed by atoms with E-state index in [0.717, 1.165) is 60.9 Å². The van der Waals surface area contributed by atoms with E-state index in [9.17, 15) is 9.50 Å². The molecule has 0 unspecified atom stereocenters. The zero-order valence-electron chi connectivity index (χ0n) is 19.3. The molecule has 0 spiro atoms. The zero-order chi connectivity index (χ0) is 23.4. The molecular formula is C26H32ClFN4O. The first kappa shape index (κ1) is 23.6. The van der Waals surface area contributed by atoms with Crippen LogP contribution in [0.1, 0.15) is 23.1 Å². The van der Waals surface area contributed by atoms with Crippen molar-refractivity contribution < 1.29 is 9.50 Å². The molecule has 7 heteroatoms. The number of aryl methyl sites for hydroxylation is 2. The van der Waals surface area contributed by atoms with Crippen molar-refractivity contribution >= 4 is 17.3 Å². The summed E-state index contributed by atoms with van der Waals surface area (Å²) in [5, 5.41) is 13.6. The molecule has 0 aliphatic carbocycles. The highest BCUT2D eigenvalue weighted by Gasteiger charge is 2.24. The van der Waals surface area contributed by atoms with E-state index in [4.69, 9.17) is 11.6 Å². The Labute approximate surface area is 200 Å². The Balaban J connectivity index is 1.51. The Hall–Kier alpha value is -2.54. The Bertz CT molecular complexity index is 1030. The Morgan fingerprint density at radius 2 is 1.79 bits per heavy atom. The van der Waals surface area contributed by atoms with Crippen LogP contribution in [0.5, 0.6) is 0 Å². The maximum Gasteiger partial charge on any atom is 0.210 e. The molecule has 2 heterocycles. The number of halogens is 2. The highest BCUT2D eigenvalue weighted by Crippen LogP contribution is 2.25. The van der Waals surface area contributed by atoms with Gasteiger partial charge in [-0.3, -0.25) is 15.3 Å². The van der Waals surface area contributed by atoms with Gasteiger partial charge in [-0.2, -0.15) is 0 Å². The number of likely N-dealkylation sites (N-methyl/N-ethyl adjacent to an activating group) is 1. The van der Waals surface area contributed by atoms with E-state index >= 15 is 0 Å². The first-order chi connectivity index (χ1) is 15.9. The molecule has 0 bridgehead atoms. The molecule has 33 heavy (non-hydrogen) atoms. The van der Waals surface area contributed by atoms with Crippen LogP contribution in [0.4, 0.5) is 4.39 Å². The Morgan fingerprint density at radius 3 is 2.48 bits per heavy atom. The second-order valence-electron chi connectivity index (χ2n) is 8.94. The van der Waals surface area contributed by atoms with Gasteiger partial charge in [0.15, 0.2) is 0 Å². The number of hydrogen-bond acceptors (Lipinski definition) is 5. The minimum atomic E-state index is -0.217. The van der Waals surface area contributed by atoms with Gasteiger partial charge < -0.3 is 10.0 Å². The lowest BCUT2D eigenvalue weighted by molar-refractivity contribution is 0.142. The maximum absolute atomic E-state index is 13.9. The van der Waals surface area contributed by atoms with Crippen LogP contribution in [-0.4, -0.2) is 66.2 Å². The van der Waals surface area contributed by atoms with Gasteiger partial charge >= 0.3 is 0 Å². The molecule has 0 aromatic heterocycles. The van der Waals surface area contributed by atoms with E-state index < -0.39 is 0 Å². The lowest BCUT2D eigenvalue weighted by Crippen LogP contribution is -2.46. The van der Waals surface area contributed by atoms with Gasteiger partial charge in [0.1, 0.15) is 5.82 Å². The molecule has 2 aliphatic rings. The second-order valence-corrected chi connectivity index (χ2v) is 9.38. The van der Waals surface area contributed by atoms with Crippen molar-refractivity contribution in [2.75, 3.05) is 46.3 Å². The number of hydrazine groups is 1. The molecule has 2 N–H and O–H groups in total. The predicted octanol–water partition coefficient (Wildman–Crippen LogP) is 4.60. The molecule has 4 rings (SSSR count). The number of nitrogens with zero attached hydrogens (tertiary/aromatic N) is 3. The summed E-state index contributed by atoms with van der Waals surface area (Å²) in [5.41, 5.74) is 7.81. The number of benzene rings is 2. The fourth-order valence-corrected chi connectivity index (χ4v) is 4.35. The summed E-state index contributed by atoms with van der Waals surface area (Å²) in [7, 11) is 2.13. The van der Waals surface area contributed by atoms with E-state index in [0.29, 0.717) is 18.7 Å². The molecule has 0 saturated carbocycles. The second kappa shape index (κ2) is 10.6. The summed E-state index contributed by atoms with van der Waals surface area (Å²) in [6, 6.07) is 13.0. The van der Waals surface area contributed by atoms with Crippen molar-refractivity contribution in [3.63, 3.8) is 0 Å². The standard InChI is InChI=1S/C26H32ClFN4O/c1-19-16-21(7-10-24(19)28)25-17-22(18-31-14-12-30(2)13-15-31)26(33)32(29-25)11-3-4-20-5-8-23(27)9-6-20/h5-10,16-17,29,33H,3-4,11-15,18H2,1-2H3. The van der Waals surface area contributed by atoms with Crippen LogP contribution in [0, 0.1) is 12.7 Å². The summed E-state index contributed by atoms with van der Waals surface area (Å²) in [6.45, 7) is 7.06. The van der Waals surface area contributed by atoms with Gasteiger partial charge in [-0.05, 0) is 79.9 Å². The van der Waals surface area contributed by atoms with Gasteiger partial charge in [0.2, 0.25) is 5.88 Å². The molecule has 2 aromatic rings. The topological polar surface area (TPSA) is 42.0 Å². The van der Waals surface area contributed by atoms with Crippen LogP contribution >= 0.6 is 11.6 Å². The van der Waals surface area contributed by atoms with Crippen LogP contribution in [0.2, 0.25) is 5.02 Å². The molecule has 5 nitrogen and oxygen atoms in total. The van der Waals surface area contributed by atoms with Crippen molar-refractivity contribution in [2.24, 2.45) is 0 Å². The smallest absolute Gasteiger partial charge is 0.210 e. The Morgan fingerprint density at radius 1 is 1.06 bits per heavy atom. The number of nitrogens with one attached hydrogen (secondary N) is 1. The molecule has 176 valence electrons. The number of aliphatic hydroxyl groups is 1. The summed E-state index contributed by atoms with van der Waals surface area (Å²) in [6.07, 6.45) is 3.73. The number of aliphatic hydroxyl groups excluding tert-OH is 1. The largest absolute Gasteiger partial charge is 0.493 e. The molecule has 2 aromatic carbocycles. The number of rotatable bonds is 7. The highest BCUT2D eigenvalue weighted by molar-refractivity contribution is 6.30. The van der Waals surface area contributed by atoms with Crippen molar-refractivity contribution in [2.45, 2.75) is 19.8 Å². The van der Waals surface area contributed by atoms with Gasteiger partial charge in [0.05, 0.1) is 5.70 Å². The van der Waals surface area contributed by atoms with Gasteiger partial charge in [-0.15, -0.1) is 0 Å². The first-order valence-electron chi connectivity index (χ1n) is 11.5. The van der Waals surface area contributed by atoms with E-state index in [2.05, 4.69) is 22.3 Å². The Kier molecular flexibility index (Phi) is 7.58. The normalized spacial score (nSPS) is 17.8. The monoisotopic (exact) mass is 470 g/mol. The van der Waals surface area contributed by atoms with Crippen LogP contribution in [0.15, 0.2) is 60.0 Å². The van der Waals surface area contributed by atoms with Crippen molar-refractivity contribution in [1.29, 1.82) is 0 Å². The van der Waals surface area contributed by atoms with Crippen LogP contribution in [-0.2, 0) is 6.42 Å². The maximum atomic E-state index is 13.9. The molecule has 1 fully saturated rings. The summed E-state index contributed by atoms with van der Waals surface area (Å²) < 4.78 is 13.9. The van der Waals surface area contributed by atoms with Crippen LogP contribution < -0.4 is 5.43 Å². The third-order valence-corrected chi connectivity index (χ3v) is 6.59. The van der Waals surface area contributed by atoms with Gasteiger partial charge in [0.25, 0.3) is 0 Å². The van der Waals surface area contributed by atoms with Gasteiger partial charge in [-0.1, -0.05) is 23.7 Å². The molecular weight excluding hydrogens is 439 g/mol. The average molecular weight is 471 g/mol.